The van der Waals surface area contributed by atoms with E-state index in [9.17, 15) is 0 Å². The van der Waals surface area contributed by atoms with Crippen LogP contribution in [0, 0.1) is 0 Å². The van der Waals surface area contributed by atoms with Crippen LogP contribution < -0.4 is 0 Å². The van der Waals surface area contributed by atoms with Gasteiger partial charge in [0.05, 0.1) is 0 Å². The molecule has 0 amide bonds. The largest absolute Gasteiger partial charge is 0.110 e. The van der Waals surface area contributed by atoms with Gasteiger partial charge in [-0.15, -0.1) is 5.73 Å². The van der Waals surface area contributed by atoms with Crippen molar-refractivity contribution in [2.45, 2.75) is 20.0 Å². The van der Waals surface area contributed by atoms with Crippen molar-refractivity contribution in [3.8, 4) is 0 Å². The predicted octanol–water partition coefficient (Wildman–Crippen LogP) is 2.26. The molecule has 1 heterocycles. The van der Waals surface area contributed by atoms with Crippen LogP contribution in [-0.2, 0) is 0 Å². The topological polar surface area (TPSA) is 0 Å². The minimum atomic E-state index is -0.212. The molecule has 0 aromatic heterocycles. The van der Waals surface area contributed by atoms with Gasteiger partial charge in [-0.2, -0.15) is 0 Å². The second-order valence-corrected chi connectivity index (χ2v) is 6.08. The maximum absolute atomic E-state index is 3.19. The molecule has 9 heavy (non-hydrogen) atoms. The summed E-state index contributed by atoms with van der Waals surface area (Å²) in [6.45, 7) is 6.78. The van der Waals surface area contributed by atoms with E-state index in [0.717, 1.165) is 0 Å². The van der Waals surface area contributed by atoms with E-state index in [4.69, 9.17) is 0 Å². The summed E-state index contributed by atoms with van der Waals surface area (Å²) in [5.74, 6) is 0. The third kappa shape index (κ3) is 1.45. The first-order valence-corrected chi connectivity index (χ1v) is 6.36. The van der Waals surface area contributed by atoms with Crippen LogP contribution in [0.25, 0.3) is 0 Å². The molecule has 0 N–H and O–H groups in total. The minimum absolute atomic E-state index is 0.212. The van der Waals surface area contributed by atoms with Crippen LogP contribution >= 0.6 is 11.8 Å². The zero-order chi connectivity index (χ0) is 6.85. The van der Waals surface area contributed by atoms with Crippen LogP contribution in [-0.4, -0.2) is 12.9 Å². The van der Waals surface area contributed by atoms with E-state index in [0.29, 0.717) is 0 Å². The van der Waals surface area contributed by atoms with Crippen molar-refractivity contribution in [2.24, 2.45) is 0 Å². The predicted molar refractivity (Wildman–Crippen MR) is 47.4 cm³/mol. The van der Waals surface area contributed by atoms with Gasteiger partial charge in [0.25, 0.3) is 0 Å². The van der Waals surface area contributed by atoms with Crippen molar-refractivity contribution in [1.82, 2.24) is 0 Å². The maximum atomic E-state index is 3.19. The van der Waals surface area contributed by atoms with Crippen molar-refractivity contribution in [1.29, 1.82) is 0 Å². The molecule has 0 fully saturated rings. The van der Waals surface area contributed by atoms with Crippen molar-refractivity contribution < 1.29 is 0 Å². The van der Waals surface area contributed by atoms with E-state index < -0.39 is 0 Å². The number of rotatable bonds is 0. The quantitative estimate of drug-likeness (QED) is 0.381. The molecule has 0 saturated carbocycles. The summed E-state index contributed by atoms with van der Waals surface area (Å²) in [4.78, 5) is 0. The first kappa shape index (κ1) is 7.07. The highest BCUT2D eigenvalue weighted by molar-refractivity contribution is 8.18. The summed E-state index contributed by atoms with van der Waals surface area (Å²) in [6.07, 6.45) is 0. The molecule has 0 atom stereocenters. The van der Waals surface area contributed by atoms with Crippen LogP contribution in [0.3, 0.4) is 0 Å². The number of thioether (sulfide) groups is 1. The Balaban J connectivity index is 2.95. The van der Waals surface area contributed by atoms with Gasteiger partial charge in [-0.05, 0) is 11.4 Å². The first-order valence-electron chi connectivity index (χ1n) is 2.98. The fourth-order valence-corrected chi connectivity index (χ4v) is 3.35. The highest BCUT2D eigenvalue weighted by atomic mass is 32.2. The molecular formula is C7H10SSi. The lowest BCUT2D eigenvalue weighted by Crippen LogP contribution is -2.02. The first-order chi connectivity index (χ1) is 4.22. The van der Waals surface area contributed by atoms with Gasteiger partial charge in [0.1, 0.15) is 0 Å². The smallest absolute Gasteiger partial charge is 0.0228 e. The molecule has 1 aliphatic heterocycles. The fourth-order valence-electron chi connectivity index (χ4n) is 0.824. The van der Waals surface area contributed by atoms with E-state index in [1.54, 1.807) is 4.50 Å². The highest BCUT2D eigenvalue weighted by Gasteiger charge is 2.04. The molecule has 0 bridgehead atoms. The molecule has 0 spiro atoms. The van der Waals surface area contributed by atoms with Gasteiger partial charge in [-0.1, -0.05) is 24.9 Å². The second-order valence-electron chi connectivity index (χ2n) is 2.33. The Labute approximate surface area is 61.9 Å². The monoisotopic (exact) mass is 154 g/mol. The average molecular weight is 154 g/mol. The minimum Gasteiger partial charge on any atom is -0.110 e. The third-order valence-corrected chi connectivity index (χ3v) is 4.89. The Hall–Kier alpha value is -0.0431. The van der Waals surface area contributed by atoms with Crippen LogP contribution in [0.1, 0.15) is 6.92 Å². The van der Waals surface area contributed by atoms with Gasteiger partial charge in [0.2, 0.25) is 0 Å². The van der Waals surface area contributed by atoms with Crippen LogP contribution in [0.2, 0.25) is 13.1 Å². The van der Waals surface area contributed by atoms with E-state index in [2.05, 4.69) is 31.2 Å². The van der Waals surface area contributed by atoms with E-state index in [1.807, 2.05) is 11.8 Å². The summed E-state index contributed by atoms with van der Waals surface area (Å²) >= 11 is 1.85. The van der Waals surface area contributed by atoms with E-state index in [1.165, 1.54) is 5.57 Å². The Morgan fingerprint density at radius 1 is 1.56 bits per heavy atom. The van der Waals surface area contributed by atoms with Gasteiger partial charge in [0, 0.05) is 19.4 Å². The lowest BCUT2D eigenvalue weighted by atomic mass is 10.4. The summed E-state index contributed by atoms with van der Waals surface area (Å²) in [5, 5.41) is 2.06. The summed E-state index contributed by atoms with van der Waals surface area (Å²) in [5.41, 5.74) is 4.55. The van der Waals surface area contributed by atoms with Crippen LogP contribution in [0.15, 0.2) is 16.7 Å². The second kappa shape index (κ2) is 2.69. The Morgan fingerprint density at radius 2 is 2.22 bits per heavy atom. The average Bonchev–Trinajstić information content (AvgIpc) is 2.13. The fraction of sp³-hybridized carbons (Fsp3) is 0.429. The van der Waals surface area contributed by atoms with Crippen molar-refractivity contribution in [3.05, 3.63) is 16.7 Å². The number of hydrogen-bond donors (Lipinski definition) is 0. The molecule has 1 aliphatic rings. The number of hydrogen-bond acceptors (Lipinski definition) is 1. The van der Waals surface area contributed by atoms with Gasteiger partial charge >= 0.3 is 0 Å². The summed E-state index contributed by atoms with van der Waals surface area (Å²) in [7, 11) is -0.212. The van der Waals surface area contributed by atoms with Crippen LogP contribution in [0.4, 0.5) is 0 Å². The summed E-state index contributed by atoms with van der Waals surface area (Å²) in [6, 6.07) is 0. The maximum Gasteiger partial charge on any atom is 0.0228 e. The van der Waals surface area contributed by atoms with Crippen molar-refractivity contribution in [2.75, 3.05) is 0 Å². The highest BCUT2D eigenvalue weighted by Crippen LogP contribution is 2.18. The van der Waals surface area contributed by atoms with Crippen molar-refractivity contribution >= 4 is 24.7 Å². The van der Waals surface area contributed by atoms with Gasteiger partial charge < -0.3 is 0 Å². The molecule has 0 nitrogen and oxygen atoms in total. The zero-order valence-electron chi connectivity index (χ0n) is 5.99. The van der Waals surface area contributed by atoms with E-state index in [-0.39, 0.29) is 8.41 Å². The Kier molecular flexibility index (Phi) is 2.12. The van der Waals surface area contributed by atoms with Gasteiger partial charge in [-0.3, -0.25) is 0 Å². The molecule has 0 unspecified atom stereocenters. The van der Waals surface area contributed by atoms with Crippen molar-refractivity contribution in [3.63, 3.8) is 0 Å². The molecule has 48 valence electrons. The molecule has 0 aromatic rings. The summed E-state index contributed by atoms with van der Waals surface area (Å²) < 4.78 is 1.57. The molecule has 0 radical (unpaired) electrons. The molecule has 2 heteroatoms. The normalized spacial score (nSPS) is 16.3. The van der Waals surface area contributed by atoms with E-state index >= 15 is 0 Å². The van der Waals surface area contributed by atoms with Gasteiger partial charge in [-0.25, -0.2) is 0 Å². The van der Waals surface area contributed by atoms with Crippen LogP contribution in [0.5, 0.6) is 0 Å². The lowest BCUT2D eigenvalue weighted by Gasteiger charge is -1.97. The molecule has 0 saturated heterocycles. The molecule has 0 aliphatic carbocycles. The lowest BCUT2D eigenvalue weighted by molar-refractivity contribution is 1.67. The van der Waals surface area contributed by atoms with Gasteiger partial charge in [0.15, 0.2) is 0 Å². The zero-order valence-corrected chi connectivity index (χ0v) is 7.80. The Morgan fingerprint density at radius 3 is 2.44 bits per heavy atom. The standard InChI is InChI=1S/C7H10SSi/c1-6-4-5-8-7(6)9(2)3/h5H,1-3H3. The molecule has 1 rings (SSSR count). The SMILES string of the molecule is CC1=C=CSC1=[Si](C)C. The Bertz CT molecular complexity index is 215. The third-order valence-electron chi connectivity index (χ3n) is 1.25. The molecular weight excluding hydrogens is 144 g/mol. The molecule has 0 aromatic carbocycles.